The fraction of sp³-hybridized carbons (Fsp3) is 0.667. The zero-order valence-corrected chi connectivity index (χ0v) is 6.58. The van der Waals surface area contributed by atoms with Gasteiger partial charge in [-0.25, -0.2) is 0 Å². The summed E-state index contributed by atoms with van der Waals surface area (Å²) in [6, 6.07) is 0. The maximum Gasteiger partial charge on any atom is 0.235 e. The summed E-state index contributed by atoms with van der Waals surface area (Å²) >= 11 is 1.29. The van der Waals surface area contributed by atoms with Crippen LogP contribution in [0.1, 0.15) is 20.8 Å². The van der Waals surface area contributed by atoms with E-state index in [9.17, 15) is 4.79 Å². The minimum Gasteiger partial charge on any atom is -0.280 e. The van der Waals surface area contributed by atoms with Crippen molar-refractivity contribution in [3.63, 3.8) is 0 Å². The van der Waals surface area contributed by atoms with E-state index in [1.165, 1.54) is 11.8 Å². The van der Waals surface area contributed by atoms with Crippen LogP contribution in [0.15, 0.2) is 4.99 Å². The van der Waals surface area contributed by atoms with E-state index in [0.717, 1.165) is 0 Å². The van der Waals surface area contributed by atoms with Crippen LogP contribution < -0.4 is 0 Å². The topological polar surface area (TPSA) is 29.4 Å². The predicted octanol–water partition coefficient (Wildman–Crippen LogP) is 1.46. The Hall–Kier alpha value is -0.310. The third-order valence-corrected chi connectivity index (χ3v) is 2.15. The zero-order chi connectivity index (χ0) is 7.07. The fourth-order valence-electron chi connectivity index (χ4n) is 0.773. The minimum atomic E-state index is -0.207. The highest BCUT2D eigenvalue weighted by atomic mass is 32.2. The van der Waals surface area contributed by atoms with Crippen molar-refractivity contribution in [2.75, 3.05) is 0 Å². The lowest BCUT2D eigenvalue weighted by Gasteiger charge is -2.08. The van der Waals surface area contributed by atoms with Crippen LogP contribution in [0.4, 0.5) is 0 Å². The highest BCUT2D eigenvalue weighted by molar-refractivity contribution is 8.17. The molecule has 0 saturated carbocycles. The summed E-state index contributed by atoms with van der Waals surface area (Å²) in [4.78, 5) is 14.7. The van der Waals surface area contributed by atoms with Gasteiger partial charge in [-0.2, -0.15) is 0 Å². The molecule has 0 aliphatic carbocycles. The van der Waals surface area contributed by atoms with Gasteiger partial charge in [0.05, 0.1) is 5.71 Å². The number of thioether (sulfide) groups is 1. The molecule has 0 atom stereocenters. The van der Waals surface area contributed by atoms with E-state index >= 15 is 0 Å². The molecule has 0 saturated heterocycles. The summed E-state index contributed by atoms with van der Waals surface area (Å²) in [6.07, 6.45) is 0. The molecule has 1 aliphatic heterocycles. The van der Waals surface area contributed by atoms with E-state index in [1.54, 1.807) is 6.92 Å². The third-order valence-electron chi connectivity index (χ3n) is 1.07. The lowest BCUT2D eigenvalue weighted by atomic mass is 10.4. The molecule has 0 unspecified atom stereocenters. The molecule has 9 heavy (non-hydrogen) atoms. The average molecular weight is 143 g/mol. The van der Waals surface area contributed by atoms with Gasteiger partial charge in [-0.05, 0) is 20.8 Å². The van der Waals surface area contributed by atoms with Crippen molar-refractivity contribution in [2.24, 2.45) is 4.99 Å². The third kappa shape index (κ3) is 1.33. The molecule has 1 rings (SSSR count). The summed E-state index contributed by atoms with van der Waals surface area (Å²) in [5, 5.41) is 0.111. The van der Waals surface area contributed by atoms with Crippen LogP contribution in [0.5, 0.6) is 0 Å². The summed E-state index contributed by atoms with van der Waals surface area (Å²) in [7, 11) is 0. The number of aliphatic imine (C=N–C) groups is 1. The molecule has 0 aromatic heterocycles. The van der Waals surface area contributed by atoms with E-state index in [2.05, 4.69) is 4.99 Å². The Morgan fingerprint density at radius 3 is 2.22 bits per heavy atom. The van der Waals surface area contributed by atoms with Crippen molar-refractivity contribution in [1.29, 1.82) is 0 Å². The Kier molecular flexibility index (Phi) is 1.39. The number of carbonyl (C=O) groups is 1. The van der Waals surface area contributed by atoms with Crippen LogP contribution in [0.25, 0.3) is 0 Å². The maximum absolute atomic E-state index is 10.8. The molecule has 0 fully saturated rings. The smallest absolute Gasteiger partial charge is 0.235 e. The molecule has 0 aromatic carbocycles. The van der Waals surface area contributed by atoms with Crippen molar-refractivity contribution in [3.8, 4) is 0 Å². The predicted molar refractivity (Wildman–Crippen MR) is 39.8 cm³/mol. The van der Waals surface area contributed by atoms with Gasteiger partial charge in [0.15, 0.2) is 0 Å². The van der Waals surface area contributed by atoms with Crippen molar-refractivity contribution in [3.05, 3.63) is 0 Å². The van der Waals surface area contributed by atoms with Crippen LogP contribution in [-0.4, -0.2) is 15.7 Å². The SMILES string of the molecule is CC1=NC(C)(C)SC1=O. The van der Waals surface area contributed by atoms with E-state index in [0.29, 0.717) is 5.71 Å². The standard InChI is InChI=1S/C6H9NOS/c1-4-5(8)9-6(2,3)7-4/h1-3H3. The number of nitrogens with zero attached hydrogens (tertiary/aromatic N) is 1. The van der Waals surface area contributed by atoms with E-state index in [1.807, 2.05) is 13.8 Å². The first-order valence-electron chi connectivity index (χ1n) is 2.81. The largest absolute Gasteiger partial charge is 0.280 e. The lowest BCUT2D eigenvalue weighted by Crippen LogP contribution is -2.05. The molecule has 0 amide bonds. The summed E-state index contributed by atoms with van der Waals surface area (Å²) in [5.41, 5.74) is 0.644. The number of hydrogen-bond acceptors (Lipinski definition) is 3. The molecule has 0 radical (unpaired) electrons. The molecule has 0 bridgehead atoms. The Morgan fingerprint density at radius 1 is 1.56 bits per heavy atom. The Balaban J connectivity index is 2.86. The van der Waals surface area contributed by atoms with E-state index < -0.39 is 0 Å². The van der Waals surface area contributed by atoms with Gasteiger partial charge in [0.2, 0.25) is 5.12 Å². The molecule has 0 aromatic rings. The maximum atomic E-state index is 10.8. The van der Waals surface area contributed by atoms with Gasteiger partial charge in [-0.1, -0.05) is 11.8 Å². The van der Waals surface area contributed by atoms with Gasteiger partial charge < -0.3 is 0 Å². The molecular weight excluding hydrogens is 134 g/mol. The number of rotatable bonds is 0. The zero-order valence-electron chi connectivity index (χ0n) is 5.76. The van der Waals surface area contributed by atoms with Gasteiger partial charge in [0.1, 0.15) is 4.87 Å². The molecule has 2 nitrogen and oxygen atoms in total. The molecule has 1 heterocycles. The van der Waals surface area contributed by atoms with Crippen molar-refractivity contribution < 1.29 is 4.79 Å². The Labute approximate surface area is 58.7 Å². The van der Waals surface area contributed by atoms with Crippen LogP contribution in [-0.2, 0) is 4.79 Å². The van der Waals surface area contributed by atoms with Gasteiger partial charge in [-0.3, -0.25) is 9.79 Å². The molecule has 3 heteroatoms. The highest BCUT2D eigenvalue weighted by Gasteiger charge is 2.29. The van der Waals surface area contributed by atoms with Crippen LogP contribution >= 0.6 is 11.8 Å². The van der Waals surface area contributed by atoms with Crippen molar-refractivity contribution in [1.82, 2.24) is 0 Å². The second-order valence-electron chi connectivity index (χ2n) is 2.53. The normalized spacial score (nSPS) is 24.3. The fourth-order valence-corrected chi connectivity index (χ4v) is 1.60. The molecule has 50 valence electrons. The van der Waals surface area contributed by atoms with E-state index in [-0.39, 0.29) is 9.99 Å². The van der Waals surface area contributed by atoms with Crippen LogP contribution in [0.3, 0.4) is 0 Å². The summed E-state index contributed by atoms with van der Waals surface area (Å²) in [6.45, 7) is 5.63. The average Bonchev–Trinajstić information content (AvgIpc) is 1.79. The van der Waals surface area contributed by atoms with Crippen LogP contribution in [0.2, 0.25) is 0 Å². The molecule has 0 spiro atoms. The van der Waals surface area contributed by atoms with E-state index in [4.69, 9.17) is 0 Å². The summed E-state index contributed by atoms with van der Waals surface area (Å²) < 4.78 is 0. The van der Waals surface area contributed by atoms with Crippen molar-refractivity contribution >= 4 is 22.6 Å². The van der Waals surface area contributed by atoms with Gasteiger partial charge >= 0.3 is 0 Å². The van der Waals surface area contributed by atoms with Gasteiger partial charge in [0, 0.05) is 0 Å². The first-order chi connectivity index (χ1) is 4.01. The first-order valence-corrected chi connectivity index (χ1v) is 3.63. The Bertz CT molecular complexity index is 183. The first kappa shape index (κ1) is 6.81. The summed E-state index contributed by atoms with van der Waals surface area (Å²) in [5.74, 6) is 0. The number of carbonyl (C=O) groups excluding carboxylic acids is 1. The van der Waals surface area contributed by atoms with Gasteiger partial charge in [-0.15, -0.1) is 0 Å². The minimum absolute atomic E-state index is 0.111. The van der Waals surface area contributed by atoms with Crippen LogP contribution in [0, 0.1) is 0 Å². The molecular formula is C6H9NOS. The lowest BCUT2D eigenvalue weighted by molar-refractivity contribution is -0.105. The van der Waals surface area contributed by atoms with Gasteiger partial charge in [0.25, 0.3) is 0 Å². The molecule has 0 N–H and O–H groups in total. The second-order valence-corrected chi connectivity index (χ2v) is 4.11. The Morgan fingerprint density at radius 2 is 2.11 bits per heavy atom. The second kappa shape index (κ2) is 1.84. The van der Waals surface area contributed by atoms with Crippen molar-refractivity contribution in [2.45, 2.75) is 25.6 Å². The monoisotopic (exact) mass is 143 g/mol. The highest BCUT2D eigenvalue weighted by Crippen LogP contribution is 2.32. The molecule has 1 aliphatic rings. The quantitative estimate of drug-likeness (QED) is 0.513. The number of hydrogen-bond donors (Lipinski definition) is 0.